The van der Waals surface area contributed by atoms with E-state index in [1.165, 1.54) is 19.3 Å². The molecule has 0 aromatic carbocycles. The zero-order valence-corrected chi connectivity index (χ0v) is 10.7. The fourth-order valence-electron chi connectivity index (χ4n) is 2.81. The zero-order valence-electron chi connectivity index (χ0n) is 10.7. The zero-order chi connectivity index (χ0) is 12.3. The Hall–Kier alpha value is -0.940. The lowest BCUT2D eigenvalue weighted by molar-refractivity contribution is 0.147. The molecule has 0 radical (unpaired) electrons. The van der Waals surface area contributed by atoms with Crippen LogP contribution in [0.5, 0.6) is 0 Å². The molecule has 1 heterocycles. The Kier molecular flexibility index (Phi) is 4.12. The van der Waals surface area contributed by atoms with Crippen LogP contribution in [0.15, 0.2) is 4.42 Å². The lowest BCUT2D eigenvalue weighted by Crippen LogP contribution is -2.39. The van der Waals surface area contributed by atoms with Crippen molar-refractivity contribution >= 4 is 0 Å². The lowest BCUT2D eigenvalue weighted by atomic mass is 10.0. The number of nitrogens with zero attached hydrogens (tertiary/aromatic N) is 3. The topological polar surface area (TPSA) is 68.2 Å². The van der Waals surface area contributed by atoms with E-state index in [2.05, 4.69) is 22.0 Å². The number of aryl methyl sites for hydroxylation is 1. The summed E-state index contributed by atoms with van der Waals surface area (Å²) in [4.78, 5) is 2.41. The minimum absolute atomic E-state index is 0.581. The molecule has 0 bridgehead atoms. The van der Waals surface area contributed by atoms with Crippen LogP contribution in [0.4, 0.5) is 0 Å². The summed E-state index contributed by atoms with van der Waals surface area (Å²) < 4.78 is 5.45. The van der Waals surface area contributed by atoms with Crippen molar-refractivity contribution in [1.82, 2.24) is 15.1 Å². The molecule has 2 N–H and O–H groups in total. The number of hydrogen-bond acceptors (Lipinski definition) is 5. The van der Waals surface area contributed by atoms with Gasteiger partial charge in [-0.3, -0.25) is 4.90 Å². The lowest BCUT2D eigenvalue weighted by Gasteiger charge is -2.30. The van der Waals surface area contributed by atoms with Crippen molar-refractivity contribution in [1.29, 1.82) is 0 Å². The molecule has 0 aliphatic heterocycles. The largest absolute Gasteiger partial charge is 0.424 e. The van der Waals surface area contributed by atoms with Crippen LogP contribution in [0, 0.1) is 12.8 Å². The summed E-state index contributed by atoms with van der Waals surface area (Å²) in [6, 6.07) is 0.581. The van der Waals surface area contributed by atoms with Gasteiger partial charge in [0, 0.05) is 13.0 Å². The Labute approximate surface area is 102 Å². The molecule has 1 aliphatic rings. The third-order valence-corrected chi connectivity index (χ3v) is 3.70. The highest BCUT2D eigenvalue weighted by Gasteiger charge is 2.31. The van der Waals surface area contributed by atoms with E-state index in [0.29, 0.717) is 23.7 Å². The Morgan fingerprint density at radius 1 is 1.41 bits per heavy atom. The molecule has 0 spiro atoms. The average Bonchev–Trinajstić information content (AvgIpc) is 2.94. The highest BCUT2D eigenvalue weighted by atomic mass is 16.4. The second-order valence-electron chi connectivity index (χ2n) is 4.77. The Bertz CT molecular complexity index is 352. The van der Waals surface area contributed by atoms with Crippen LogP contribution < -0.4 is 5.73 Å². The third-order valence-electron chi connectivity index (χ3n) is 3.70. The second kappa shape index (κ2) is 5.60. The normalized spacial score (nSPS) is 24.7. The summed E-state index contributed by atoms with van der Waals surface area (Å²) >= 11 is 0. The van der Waals surface area contributed by atoms with Gasteiger partial charge >= 0.3 is 0 Å². The molecular formula is C12H22N4O. The van der Waals surface area contributed by atoms with Crippen LogP contribution >= 0.6 is 0 Å². The predicted molar refractivity (Wildman–Crippen MR) is 65.3 cm³/mol. The molecule has 5 heteroatoms. The predicted octanol–water partition coefficient (Wildman–Crippen LogP) is 1.33. The van der Waals surface area contributed by atoms with Gasteiger partial charge in [0.2, 0.25) is 11.8 Å². The summed E-state index contributed by atoms with van der Waals surface area (Å²) in [5, 5.41) is 7.94. The maximum Gasteiger partial charge on any atom is 0.230 e. The number of hydrogen-bond donors (Lipinski definition) is 1. The van der Waals surface area contributed by atoms with Crippen molar-refractivity contribution in [3.63, 3.8) is 0 Å². The maximum atomic E-state index is 5.84. The molecule has 2 unspecified atom stereocenters. The van der Waals surface area contributed by atoms with E-state index in [-0.39, 0.29) is 0 Å². The fraction of sp³-hybridized carbons (Fsp3) is 0.833. The van der Waals surface area contributed by atoms with Gasteiger partial charge in [0.25, 0.3) is 0 Å². The average molecular weight is 238 g/mol. The standard InChI is InChI=1S/C12H22N4O/c1-3-16(8-12-15-14-9(2)17-12)11-6-4-5-10(11)7-13/h10-11H,3-8,13H2,1-2H3. The van der Waals surface area contributed by atoms with Crippen LogP contribution in [0.3, 0.4) is 0 Å². The smallest absolute Gasteiger partial charge is 0.230 e. The summed E-state index contributed by atoms with van der Waals surface area (Å²) in [6.07, 6.45) is 3.77. The first-order valence-corrected chi connectivity index (χ1v) is 6.47. The van der Waals surface area contributed by atoms with Crippen LogP contribution in [-0.4, -0.2) is 34.2 Å². The van der Waals surface area contributed by atoms with Crippen molar-refractivity contribution in [3.8, 4) is 0 Å². The summed E-state index contributed by atoms with van der Waals surface area (Å²) in [5.74, 6) is 1.98. The number of aromatic nitrogens is 2. The van der Waals surface area contributed by atoms with Gasteiger partial charge in [-0.25, -0.2) is 0 Å². The minimum atomic E-state index is 0.581. The Morgan fingerprint density at radius 3 is 2.82 bits per heavy atom. The third kappa shape index (κ3) is 2.84. The van der Waals surface area contributed by atoms with Gasteiger partial charge in [-0.2, -0.15) is 0 Å². The molecule has 2 rings (SSSR count). The van der Waals surface area contributed by atoms with Gasteiger partial charge in [0.15, 0.2) is 0 Å². The van der Waals surface area contributed by atoms with Crippen molar-refractivity contribution in [2.45, 2.75) is 45.7 Å². The highest BCUT2D eigenvalue weighted by molar-refractivity contribution is 4.88. The molecule has 1 aromatic heterocycles. The maximum absolute atomic E-state index is 5.84. The second-order valence-corrected chi connectivity index (χ2v) is 4.77. The van der Waals surface area contributed by atoms with E-state index in [9.17, 15) is 0 Å². The first kappa shape index (κ1) is 12.5. The van der Waals surface area contributed by atoms with E-state index in [1.807, 2.05) is 6.92 Å². The van der Waals surface area contributed by atoms with Gasteiger partial charge in [-0.1, -0.05) is 13.3 Å². The van der Waals surface area contributed by atoms with Gasteiger partial charge in [-0.05, 0) is 31.8 Å². The SMILES string of the molecule is CCN(Cc1nnc(C)o1)C1CCCC1CN. The monoisotopic (exact) mass is 238 g/mol. The first-order chi connectivity index (χ1) is 8.24. The first-order valence-electron chi connectivity index (χ1n) is 6.47. The van der Waals surface area contributed by atoms with Crippen LogP contribution in [0.25, 0.3) is 0 Å². The van der Waals surface area contributed by atoms with Gasteiger partial charge in [0.05, 0.1) is 6.54 Å². The van der Waals surface area contributed by atoms with Gasteiger partial charge in [-0.15, -0.1) is 10.2 Å². The van der Waals surface area contributed by atoms with E-state index >= 15 is 0 Å². The van der Waals surface area contributed by atoms with Gasteiger partial charge < -0.3 is 10.2 Å². The van der Waals surface area contributed by atoms with E-state index < -0.39 is 0 Å². The van der Waals surface area contributed by atoms with Crippen LogP contribution in [0.1, 0.15) is 38.0 Å². The molecule has 5 nitrogen and oxygen atoms in total. The van der Waals surface area contributed by atoms with Crippen molar-refractivity contribution in [2.75, 3.05) is 13.1 Å². The molecule has 0 saturated heterocycles. The number of rotatable bonds is 5. The van der Waals surface area contributed by atoms with Crippen molar-refractivity contribution in [3.05, 3.63) is 11.8 Å². The van der Waals surface area contributed by atoms with Crippen molar-refractivity contribution in [2.24, 2.45) is 11.7 Å². The molecule has 96 valence electrons. The summed E-state index contributed by atoms with van der Waals surface area (Å²) in [7, 11) is 0. The van der Waals surface area contributed by atoms with E-state index in [0.717, 1.165) is 19.6 Å². The van der Waals surface area contributed by atoms with Crippen molar-refractivity contribution < 1.29 is 4.42 Å². The molecule has 0 amide bonds. The molecular weight excluding hydrogens is 216 g/mol. The summed E-state index contributed by atoms with van der Waals surface area (Å²) in [5.41, 5.74) is 5.84. The van der Waals surface area contributed by atoms with Crippen LogP contribution in [0.2, 0.25) is 0 Å². The fourth-order valence-corrected chi connectivity index (χ4v) is 2.81. The van der Waals surface area contributed by atoms with Gasteiger partial charge in [0.1, 0.15) is 0 Å². The Morgan fingerprint density at radius 2 is 2.24 bits per heavy atom. The number of nitrogens with two attached hydrogens (primary N) is 1. The molecule has 1 fully saturated rings. The van der Waals surface area contributed by atoms with E-state index in [1.54, 1.807) is 0 Å². The minimum Gasteiger partial charge on any atom is -0.424 e. The van der Waals surface area contributed by atoms with Crippen LogP contribution in [-0.2, 0) is 6.54 Å². The van der Waals surface area contributed by atoms with E-state index in [4.69, 9.17) is 10.2 Å². The quantitative estimate of drug-likeness (QED) is 0.838. The highest BCUT2D eigenvalue weighted by Crippen LogP contribution is 2.29. The molecule has 1 aromatic rings. The summed E-state index contributed by atoms with van der Waals surface area (Å²) in [6.45, 7) is 6.53. The molecule has 1 saturated carbocycles. The molecule has 17 heavy (non-hydrogen) atoms. The Balaban J connectivity index is 2.00. The molecule has 2 atom stereocenters. The molecule has 1 aliphatic carbocycles.